The Kier molecular flexibility index (Phi) is 11.6. The molecule has 46 heavy (non-hydrogen) atoms. The first-order valence-corrected chi connectivity index (χ1v) is 17.3. The van der Waals surface area contributed by atoms with Gasteiger partial charge in [0.15, 0.2) is 0 Å². The lowest BCUT2D eigenvalue weighted by Crippen LogP contribution is -2.44. The average molecular weight is 629 g/mol. The number of anilines is 1. The summed E-state index contributed by atoms with van der Waals surface area (Å²) in [7, 11) is 1.72. The number of rotatable bonds is 12. The van der Waals surface area contributed by atoms with Gasteiger partial charge in [-0.05, 0) is 125 Å². The standard InChI is InChI=1S/C38H52N4O4/c1-26(2)42-25-33(23-39-42)31-7-5-8-35(22-31)41(38(45)30-14-17-34(18-15-30)40-37(44)9-6-20-43)24-28-10-12-29(13-11-28)32-16-19-36(46-4)27(3)21-32/h5,7-8,16,19,21-23,25-26,28-30,34,43H,6,9-15,17-18,20,24H2,1-4H3,(H,40,44)/t28-,29-,30-,34-. The highest BCUT2D eigenvalue weighted by atomic mass is 16.5. The summed E-state index contributed by atoms with van der Waals surface area (Å²) in [5, 5.41) is 16.7. The average Bonchev–Trinajstić information content (AvgIpc) is 3.58. The Labute approximate surface area is 274 Å². The Balaban J connectivity index is 1.30. The first-order chi connectivity index (χ1) is 22.2. The number of hydrogen-bond acceptors (Lipinski definition) is 5. The number of benzene rings is 2. The SMILES string of the molecule is COc1ccc([C@H]2CC[C@H](CN(c3cccc(-c4cnn(C(C)C)c4)c3)C(=O)[C@H]3CC[C@H](NC(=O)CCCO)CC3)CC2)cc1C. The van der Waals surface area contributed by atoms with Crippen LogP contribution in [0.25, 0.3) is 11.1 Å². The second kappa shape index (κ2) is 15.8. The number of carbonyl (C=O) groups is 2. The molecule has 2 N–H and O–H groups in total. The maximum Gasteiger partial charge on any atom is 0.230 e. The van der Waals surface area contributed by atoms with Gasteiger partial charge in [0, 0.05) is 55.0 Å². The van der Waals surface area contributed by atoms with Gasteiger partial charge in [-0.3, -0.25) is 14.3 Å². The molecule has 0 saturated heterocycles. The van der Waals surface area contributed by atoms with Crippen LogP contribution in [-0.2, 0) is 9.59 Å². The first-order valence-electron chi connectivity index (χ1n) is 17.3. The highest BCUT2D eigenvalue weighted by Crippen LogP contribution is 2.39. The maximum absolute atomic E-state index is 14.4. The molecule has 0 aliphatic heterocycles. The van der Waals surface area contributed by atoms with E-state index >= 15 is 0 Å². The molecule has 2 fully saturated rings. The molecule has 2 aliphatic carbocycles. The number of nitrogens with zero attached hydrogens (tertiary/aromatic N) is 3. The van der Waals surface area contributed by atoms with Crippen molar-refractivity contribution in [1.82, 2.24) is 15.1 Å². The minimum atomic E-state index is -0.0587. The zero-order valence-corrected chi connectivity index (χ0v) is 28.1. The van der Waals surface area contributed by atoms with E-state index in [2.05, 4.69) is 84.7 Å². The zero-order valence-electron chi connectivity index (χ0n) is 28.1. The number of aryl methyl sites for hydroxylation is 1. The fraction of sp³-hybridized carbons (Fsp3) is 0.553. The van der Waals surface area contributed by atoms with Gasteiger partial charge in [-0.2, -0.15) is 5.10 Å². The van der Waals surface area contributed by atoms with Crippen molar-refractivity contribution >= 4 is 17.5 Å². The number of aliphatic hydroxyl groups is 1. The van der Waals surface area contributed by atoms with Gasteiger partial charge in [0.2, 0.25) is 11.8 Å². The molecular weight excluding hydrogens is 576 g/mol. The smallest absolute Gasteiger partial charge is 0.230 e. The minimum absolute atomic E-state index is 0.0107. The molecule has 0 atom stereocenters. The van der Waals surface area contributed by atoms with Gasteiger partial charge in [0.1, 0.15) is 5.75 Å². The van der Waals surface area contributed by atoms with Crippen molar-refractivity contribution in [3.05, 3.63) is 66.0 Å². The van der Waals surface area contributed by atoms with Crippen LogP contribution in [0.15, 0.2) is 54.9 Å². The van der Waals surface area contributed by atoms with Crippen molar-refractivity contribution < 1.29 is 19.4 Å². The number of amides is 2. The van der Waals surface area contributed by atoms with Gasteiger partial charge in [0.05, 0.1) is 13.3 Å². The van der Waals surface area contributed by atoms with Gasteiger partial charge in [-0.25, -0.2) is 0 Å². The second-order valence-electron chi connectivity index (χ2n) is 13.7. The number of aliphatic hydroxyl groups excluding tert-OH is 1. The normalized spacial score (nSPS) is 21.6. The van der Waals surface area contributed by atoms with Crippen LogP contribution < -0.4 is 15.0 Å². The summed E-state index contributed by atoms with van der Waals surface area (Å²) in [6.07, 6.45) is 12.4. The molecule has 0 bridgehead atoms. The molecular formula is C38H52N4O4. The first kappa shape index (κ1) is 33.7. The summed E-state index contributed by atoms with van der Waals surface area (Å²) in [5.74, 6) is 2.04. The van der Waals surface area contributed by atoms with E-state index in [9.17, 15) is 9.59 Å². The molecule has 2 aromatic carbocycles. The highest BCUT2D eigenvalue weighted by Gasteiger charge is 2.33. The van der Waals surface area contributed by atoms with E-state index in [-0.39, 0.29) is 36.4 Å². The molecule has 1 aromatic heterocycles. The lowest BCUT2D eigenvalue weighted by atomic mass is 9.78. The summed E-state index contributed by atoms with van der Waals surface area (Å²) in [4.78, 5) is 28.7. The number of aromatic nitrogens is 2. The third kappa shape index (κ3) is 8.38. The van der Waals surface area contributed by atoms with Crippen molar-refractivity contribution in [2.24, 2.45) is 11.8 Å². The number of carbonyl (C=O) groups excluding carboxylic acids is 2. The molecule has 0 radical (unpaired) electrons. The van der Waals surface area contributed by atoms with Crippen LogP contribution >= 0.6 is 0 Å². The molecule has 248 valence electrons. The Bertz CT molecular complexity index is 1450. The van der Waals surface area contributed by atoms with E-state index in [1.54, 1.807) is 7.11 Å². The van der Waals surface area contributed by atoms with Gasteiger partial charge in [-0.1, -0.05) is 24.3 Å². The molecule has 2 amide bonds. The lowest BCUT2D eigenvalue weighted by Gasteiger charge is -2.36. The largest absolute Gasteiger partial charge is 0.496 e. The second-order valence-corrected chi connectivity index (χ2v) is 13.7. The summed E-state index contributed by atoms with van der Waals surface area (Å²) in [5.41, 5.74) is 5.63. The summed E-state index contributed by atoms with van der Waals surface area (Å²) < 4.78 is 7.45. The minimum Gasteiger partial charge on any atom is -0.496 e. The number of nitrogens with one attached hydrogen (secondary N) is 1. The van der Waals surface area contributed by atoms with Crippen LogP contribution in [0.4, 0.5) is 5.69 Å². The van der Waals surface area contributed by atoms with Crippen molar-refractivity contribution in [3.63, 3.8) is 0 Å². The van der Waals surface area contributed by atoms with E-state index in [4.69, 9.17) is 9.84 Å². The van der Waals surface area contributed by atoms with E-state index < -0.39 is 0 Å². The van der Waals surface area contributed by atoms with Crippen molar-refractivity contribution in [2.45, 2.75) is 103 Å². The van der Waals surface area contributed by atoms with Crippen molar-refractivity contribution in [3.8, 4) is 16.9 Å². The van der Waals surface area contributed by atoms with Gasteiger partial charge >= 0.3 is 0 Å². The van der Waals surface area contributed by atoms with Crippen LogP contribution in [0.1, 0.15) is 101 Å². The van der Waals surface area contributed by atoms with Crippen LogP contribution in [0.2, 0.25) is 0 Å². The molecule has 3 aromatic rings. The van der Waals surface area contributed by atoms with Gasteiger partial charge in [-0.15, -0.1) is 0 Å². The molecule has 8 heteroatoms. The van der Waals surface area contributed by atoms with Gasteiger partial charge in [0.25, 0.3) is 0 Å². The van der Waals surface area contributed by atoms with Crippen molar-refractivity contribution in [2.75, 3.05) is 25.2 Å². The van der Waals surface area contributed by atoms with Crippen molar-refractivity contribution in [1.29, 1.82) is 0 Å². The number of methoxy groups -OCH3 is 1. The molecule has 2 aliphatic rings. The van der Waals surface area contributed by atoms with E-state index in [1.807, 2.05) is 10.9 Å². The van der Waals surface area contributed by atoms with E-state index in [1.165, 1.54) is 11.1 Å². The van der Waals surface area contributed by atoms with E-state index in [0.29, 0.717) is 24.7 Å². The predicted octanol–water partition coefficient (Wildman–Crippen LogP) is 7.20. The maximum atomic E-state index is 14.4. The van der Waals surface area contributed by atoms with Crippen LogP contribution in [-0.4, -0.2) is 53.0 Å². The molecule has 5 rings (SSSR count). The Morgan fingerprint density at radius 3 is 2.43 bits per heavy atom. The van der Waals surface area contributed by atoms with Crippen LogP contribution in [0.3, 0.4) is 0 Å². The topological polar surface area (TPSA) is 96.7 Å². The molecule has 2 saturated carbocycles. The summed E-state index contributed by atoms with van der Waals surface area (Å²) in [6.45, 7) is 7.09. The predicted molar refractivity (Wildman–Crippen MR) is 183 cm³/mol. The molecule has 0 unspecified atom stereocenters. The molecule has 8 nitrogen and oxygen atoms in total. The fourth-order valence-corrected chi connectivity index (χ4v) is 7.28. The quantitative estimate of drug-likeness (QED) is 0.221. The fourth-order valence-electron chi connectivity index (χ4n) is 7.28. The third-order valence-corrected chi connectivity index (χ3v) is 10.1. The van der Waals surface area contributed by atoms with Crippen LogP contribution in [0.5, 0.6) is 5.75 Å². The summed E-state index contributed by atoms with van der Waals surface area (Å²) in [6, 6.07) is 15.3. The van der Waals surface area contributed by atoms with Gasteiger partial charge < -0.3 is 20.1 Å². The molecule has 1 heterocycles. The lowest BCUT2D eigenvalue weighted by molar-refractivity contribution is -0.124. The Hall–Kier alpha value is -3.65. The number of hydrogen-bond donors (Lipinski definition) is 2. The Morgan fingerprint density at radius 2 is 1.78 bits per heavy atom. The Morgan fingerprint density at radius 1 is 1.02 bits per heavy atom. The third-order valence-electron chi connectivity index (χ3n) is 10.1. The zero-order chi connectivity index (χ0) is 32.6. The summed E-state index contributed by atoms with van der Waals surface area (Å²) >= 11 is 0. The number of ether oxygens (including phenoxy) is 1. The monoisotopic (exact) mass is 628 g/mol. The highest BCUT2D eigenvalue weighted by molar-refractivity contribution is 5.95. The van der Waals surface area contributed by atoms with Crippen LogP contribution in [0, 0.1) is 18.8 Å². The van der Waals surface area contributed by atoms with E-state index in [0.717, 1.165) is 80.5 Å². The molecule has 0 spiro atoms.